The molecule has 0 atom stereocenters. The first-order valence-electron chi connectivity index (χ1n) is 4.30. The Balaban J connectivity index is 3.67. The van der Waals surface area contributed by atoms with Gasteiger partial charge in [-0.3, -0.25) is 0 Å². The van der Waals surface area contributed by atoms with Crippen LogP contribution >= 0.6 is 0 Å². The molecule has 2 nitrogen and oxygen atoms in total. The van der Waals surface area contributed by atoms with Crippen molar-refractivity contribution in [3.63, 3.8) is 0 Å². The Hall–Kier alpha value is -1.05. The first-order valence-corrected chi connectivity index (χ1v) is 4.30. The minimum absolute atomic E-state index is 1.01. The molecule has 0 aliphatic heterocycles. The molecule has 0 N–H and O–H groups in total. The maximum Gasteiger partial charge on any atom is 0.184 e. The van der Waals surface area contributed by atoms with Gasteiger partial charge in [0.25, 0.3) is 0 Å². The fraction of sp³-hybridized carbons (Fsp3) is 0.500. The lowest BCUT2D eigenvalue weighted by Gasteiger charge is -2.02. The van der Waals surface area contributed by atoms with E-state index in [0.717, 1.165) is 6.54 Å². The van der Waals surface area contributed by atoms with E-state index in [1.807, 2.05) is 28.9 Å². The molecule has 0 saturated carbocycles. The summed E-state index contributed by atoms with van der Waals surface area (Å²) in [5, 5.41) is 0. The molecular formula is C10H19N2+. The average molecular weight is 167 g/mol. The van der Waals surface area contributed by atoms with Crippen molar-refractivity contribution in [3.05, 3.63) is 25.2 Å². The molecule has 0 heterocycles. The van der Waals surface area contributed by atoms with Gasteiger partial charge in [0.1, 0.15) is 13.3 Å². The second kappa shape index (κ2) is 6.65. The third kappa shape index (κ3) is 5.71. The molecule has 0 aliphatic rings. The molecular weight excluding hydrogens is 148 g/mol. The normalized spacial score (nSPS) is 10.2. The van der Waals surface area contributed by atoms with E-state index in [2.05, 4.69) is 20.2 Å². The Morgan fingerprint density at radius 1 is 1.50 bits per heavy atom. The van der Waals surface area contributed by atoms with Gasteiger partial charge in [0.15, 0.2) is 6.20 Å². The Morgan fingerprint density at radius 2 is 2.17 bits per heavy atom. The molecule has 0 aromatic carbocycles. The Morgan fingerprint density at radius 3 is 2.67 bits per heavy atom. The average Bonchev–Trinajstić information content (AvgIpc) is 2.10. The van der Waals surface area contributed by atoms with Crippen LogP contribution < -0.4 is 0 Å². The highest BCUT2D eigenvalue weighted by molar-refractivity contribution is 5.15. The van der Waals surface area contributed by atoms with E-state index in [1.54, 1.807) is 6.20 Å². The summed E-state index contributed by atoms with van der Waals surface area (Å²) in [4.78, 5) is 1.89. The van der Waals surface area contributed by atoms with Gasteiger partial charge in [-0.05, 0) is 6.20 Å². The lowest BCUT2D eigenvalue weighted by atomic mass is 10.3. The van der Waals surface area contributed by atoms with Gasteiger partial charge in [0, 0.05) is 13.5 Å². The lowest BCUT2D eigenvalue weighted by Crippen LogP contribution is -2.06. The highest BCUT2D eigenvalue weighted by Gasteiger charge is 1.93. The standard InChI is InChI=1S/C10H19N2/c1-5-7-8-12(4)10-9-11(3)6-2/h6,9-10H,2,4-5,7-8H2,1,3H3/q+1/b10-9-. The molecule has 0 rings (SSSR count). The highest BCUT2D eigenvalue weighted by Crippen LogP contribution is 1.89. The molecule has 0 saturated heterocycles. The Labute approximate surface area is 75.5 Å². The maximum absolute atomic E-state index is 3.87. The number of hydrogen-bond donors (Lipinski definition) is 0. The quantitative estimate of drug-likeness (QED) is 0.433. The van der Waals surface area contributed by atoms with E-state index in [4.69, 9.17) is 0 Å². The van der Waals surface area contributed by atoms with Crippen molar-refractivity contribution < 1.29 is 4.58 Å². The molecule has 68 valence electrons. The predicted octanol–water partition coefficient (Wildman–Crippen LogP) is 2.05. The summed E-state index contributed by atoms with van der Waals surface area (Å²) in [6.07, 6.45) is 8.04. The van der Waals surface area contributed by atoms with Crippen LogP contribution in [0.2, 0.25) is 0 Å². The van der Waals surface area contributed by atoms with Gasteiger partial charge < -0.3 is 4.90 Å². The molecule has 0 spiro atoms. The van der Waals surface area contributed by atoms with Gasteiger partial charge in [0.05, 0.1) is 6.20 Å². The Bertz CT molecular complexity index is 171. The zero-order chi connectivity index (χ0) is 9.40. The van der Waals surface area contributed by atoms with E-state index in [1.165, 1.54) is 12.8 Å². The third-order valence-corrected chi connectivity index (χ3v) is 1.60. The summed E-state index contributed by atoms with van der Waals surface area (Å²) in [6, 6.07) is 0. The predicted molar refractivity (Wildman–Crippen MR) is 54.3 cm³/mol. The first-order chi connectivity index (χ1) is 5.70. The minimum atomic E-state index is 1.01. The van der Waals surface area contributed by atoms with Gasteiger partial charge in [-0.2, -0.15) is 0 Å². The van der Waals surface area contributed by atoms with Crippen LogP contribution in [0.5, 0.6) is 0 Å². The van der Waals surface area contributed by atoms with Crippen LogP contribution in [-0.2, 0) is 0 Å². The second-order valence-corrected chi connectivity index (χ2v) is 2.81. The smallest absolute Gasteiger partial charge is 0.184 e. The highest BCUT2D eigenvalue weighted by atomic mass is 15.1. The summed E-state index contributed by atoms with van der Waals surface area (Å²) in [5.41, 5.74) is 0. The zero-order valence-electron chi connectivity index (χ0n) is 8.16. The summed E-state index contributed by atoms with van der Waals surface area (Å²) < 4.78 is 1.93. The van der Waals surface area contributed by atoms with Crippen LogP contribution in [0, 0.1) is 0 Å². The molecule has 0 fully saturated rings. The maximum atomic E-state index is 3.87. The molecule has 0 aromatic heterocycles. The van der Waals surface area contributed by atoms with Crippen LogP contribution in [0.3, 0.4) is 0 Å². The summed E-state index contributed by atoms with van der Waals surface area (Å²) in [5.74, 6) is 0. The summed E-state index contributed by atoms with van der Waals surface area (Å²) in [7, 11) is 1.94. The fourth-order valence-electron chi connectivity index (χ4n) is 0.696. The molecule has 0 aromatic rings. The molecule has 0 amide bonds. The van der Waals surface area contributed by atoms with Gasteiger partial charge in [-0.1, -0.05) is 19.9 Å². The fourth-order valence-corrected chi connectivity index (χ4v) is 0.696. The molecule has 0 radical (unpaired) electrons. The molecule has 12 heavy (non-hydrogen) atoms. The van der Waals surface area contributed by atoms with Crippen molar-refractivity contribution in [1.82, 2.24) is 4.90 Å². The monoisotopic (exact) mass is 167 g/mol. The van der Waals surface area contributed by atoms with Crippen LogP contribution in [-0.4, -0.2) is 29.8 Å². The van der Waals surface area contributed by atoms with Crippen molar-refractivity contribution in [2.75, 3.05) is 13.6 Å². The number of nitrogens with zero attached hydrogens (tertiary/aromatic N) is 2. The first kappa shape index (κ1) is 11.0. The van der Waals surface area contributed by atoms with Crippen molar-refractivity contribution in [2.45, 2.75) is 19.8 Å². The molecule has 0 unspecified atom stereocenters. The number of unbranched alkanes of at least 4 members (excludes halogenated alkanes) is 1. The van der Waals surface area contributed by atoms with Crippen molar-refractivity contribution >= 4 is 6.72 Å². The van der Waals surface area contributed by atoms with Crippen molar-refractivity contribution in [1.29, 1.82) is 0 Å². The van der Waals surface area contributed by atoms with E-state index in [9.17, 15) is 0 Å². The van der Waals surface area contributed by atoms with Crippen LogP contribution in [0.4, 0.5) is 0 Å². The second-order valence-electron chi connectivity index (χ2n) is 2.81. The SMILES string of the molecule is C=CN(C)/C=C\[N+](=C)CCCC. The van der Waals surface area contributed by atoms with Gasteiger partial charge in [0.2, 0.25) is 0 Å². The molecule has 2 heteroatoms. The van der Waals surface area contributed by atoms with Gasteiger partial charge in [-0.25, -0.2) is 4.58 Å². The topological polar surface area (TPSA) is 6.25 Å². The van der Waals surface area contributed by atoms with E-state index in [0.29, 0.717) is 0 Å². The van der Waals surface area contributed by atoms with Crippen molar-refractivity contribution in [2.24, 2.45) is 0 Å². The lowest BCUT2D eigenvalue weighted by molar-refractivity contribution is -0.449. The van der Waals surface area contributed by atoms with Crippen LogP contribution in [0.25, 0.3) is 0 Å². The van der Waals surface area contributed by atoms with E-state index >= 15 is 0 Å². The van der Waals surface area contributed by atoms with Crippen LogP contribution in [0.1, 0.15) is 19.8 Å². The molecule has 0 bridgehead atoms. The number of rotatable bonds is 6. The third-order valence-electron chi connectivity index (χ3n) is 1.60. The zero-order valence-corrected chi connectivity index (χ0v) is 8.16. The summed E-state index contributed by atoms with van der Waals surface area (Å²) >= 11 is 0. The molecule has 0 aliphatic carbocycles. The largest absolute Gasteiger partial charge is 0.353 e. The minimum Gasteiger partial charge on any atom is -0.353 e. The summed E-state index contributed by atoms with van der Waals surface area (Å²) in [6.45, 7) is 10.7. The van der Waals surface area contributed by atoms with Crippen molar-refractivity contribution in [3.8, 4) is 0 Å². The van der Waals surface area contributed by atoms with Gasteiger partial charge >= 0.3 is 0 Å². The van der Waals surface area contributed by atoms with Gasteiger partial charge in [-0.15, -0.1) is 0 Å². The van der Waals surface area contributed by atoms with Crippen LogP contribution in [0.15, 0.2) is 25.2 Å². The Kier molecular flexibility index (Phi) is 6.07. The van der Waals surface area contributed by atoms with E-state index < -0.39 is 0 Å². The number of hydrogen-bond acceptors (Lipinski definition) is 1. The van der Waals surface area contributed by atoms with E-state index in [-0.39, 0.29) is 0 Å².